The Morgan fingerprint density at radius 1 is 1.33 bits per heavy atom. The third-order valence-electron chi connectivity index (χ3n) is 3.05. The second-order valence-corrected chi connectivity index (χ2v) is 5.06. The zero-order valence-corrected chi connectivity index (χ0v) is 12.4. The van der Waals surface area contributed by atoms with E-state index in [-0.39, 0.29) is 17.0 Å². The molecule has 0 spiro atoms. The lowest BCUT2D eigenvalue weighted by Crippen LogP contribution is -2.26. The summed E-state index contributed by atoms with van der Waals surface area (Å²) >= 11 is 0. The molecule has 1 amide bonds. The summed E-state index contributed by atoms with van der Waals surface area (Å²) in [5.74, 6) is -0.771. The van der Waals surface area contributed by atoms with Crippen molar-refractivity contribution in [1.29, 1.82) is 0 Å². The van der Waals surface area contributed by atoms with E-state index in [2.05, 4.69) is 5.32 Å². The minimum atomic E-state index is -4.47. The van der Waals surface area contributed by atoms with Crippen LogP contribution in [0.2, 0.25) is 0 Å². The summed E-state index contributed by atoms with van der Waals surface area (Å²) in [7, 11) is 1.54. The molecule has 3 nitrogen and oxygen atoms in total. The molecule has 0 aromatic heterocycles. The van der Waals surface area contributed by atoms with Crippen LogP contribution in [0.5, 0.6) is 0 Å². The molecular formula is C15H20F3NO2. The fourth-order valence-electron chi connectivity index (χ4n) is 1.97. The molecule has 0 fully saturated rings. The number of nitrogens with one attached hydrogen (secondary N) is 1. The van der Waals surface area contributed by atoms with Crippen molar-refractivity contribution in [2.24, 2.45) is 0 Å². The minimum Gasteiger partial charge on any atom is -0.385 e. The van der Waals surface area contributed by atoms with E-state index >= 15 is 0 Å². The second-order valence-electron chi connectivity index (χ2n) is 5.06. The number of carbonyl (C=O) groups is 1. The quantitative estimate of drug-likeness (QED) is 0.816. The predicted octanol–water partition coefficient (Wildman–Crippen LogP) is 3.60. The molecular weight excluding hydrogens is 283 g/mol. The van der Waals surface area contributed by atoms with E-state index < -0.39 is 17.6 Å². The normalized spacial score (nSPS) is 11.8. The number of rotatable bonds is 6. The van der Waals surface area contributed by atoms with E-state index in [0.717, 1.165) is 6.07 Å². The maximum absolute atomic E-state index is 13.1. The zero-order chi connectivity index (χ0) is 16.0. The highest BCUT2D eigenvalue weighted by Gasteiger charge is 2.34. The number of halogens is 3. The fraction of sp³-hybridized carbons (Fsp3) is 0.533. The van der Waals surface area contributed by atoms with Crippen LogP contribution in [0.3, 0.4) is 0 Å². The third kappa shape index (κ3) is 5.04. The highest BCUT2D eigenvalue weighted by atomic mass is 19.4. The van der Waals surface area contributed by atoms with Crippen molar-refractivity contribution < 1.29 is 22.7 Å². The summed E-state index contributed by atoms with van der Waals surface area (Å²) in [6.07, 6.45) is -3.86. The molecule has 0 bridgehead atoms. The van der Waals surface area contributed by atoms with Crippen LogP contribution < -0.4 is 5.32 Å². The van der Waals surface area contributed by atoms with Crippen LogP contribution in [0, 0.1) is 0 Å². The van der Waals surface area contributed by atoms with E-state index in [1.165, 1.54) is 12.1 Å². The smallest absolute Gasteiger partial charge is 0.385 e. The average Bonchev–Trinajstić information content (AvgIpc) is 2.41. The largest absolute Gasteiger partial charge is 0.416 e. The Labute approximate surface area is 122 Å². The number of hydrogen-bond acceptors (Lipinski definition) is 2. The molecule has 0 atom stereocenters. The average molecular weight is 303 g/mol. The standard InChI is InChI=1S/C15H20F3NO2/c1-10(2)12-6-5-11(9-13(12)15(16,17)18)14(20)19-7-4-8-21-3/h5-6,9-10H,4,7-8H2,1-3H3,(H,19,20). The van der Waals surface area contributed by atoms with Crippen molar-refractivity contribution in [3.05, 3.63) is 34.9 Å². The fourth-order valence-corrected chi connectivity index (χ4v) is 1.97. The summed E-state index contributed by atoms with van der Waals surface area (Å²) in [5, 5.41) is 2.57. The third-order valence-corrected chi connectivity index (χ3v) is 3.05. The molecule has 118 valence electrons. The molecule has 6 heteroatoms. The number of ether oxygens (including phenoxy) is 1. The Kier molecular flexibility index (Phi) is 6.20. The maximum Gasteiger partial charge on any atom is 0.416 e. The lowest BCUT2D eigenvalue weighted by molar-refractivity contribution is -0.138. The van der Waals surface area contributed by atoms with E-state index in [9.17, 15) is 18.0 Å². The van der Waals surface area contributed by atoms with Crippen molar-refractivity contribution in [3.8, 4) is 0 Å². The summed E-state index contributed by atoms with van der Waals surface area (Å²) in [6, 6.07) is 3.72. The molecule has 0 aliphatic heterocycles. The first-order valence-corrected chi connectivity index (χ1v) is 6.75. The minimum absolute atomic E-state index is 0.0177. The molecule has 0 radical (unpaired) electrons. The van der Waals surface area contributed by atoms with E-state index in [1.54, 1.807) is 21.0 Å². The van der Waals surface area contributed by atoms with Gasteiger partial charge >= 0.3 is 6.18 Å². The van der Waals surface area contributed by atoms with Gasteiger partial charge in [-0.1, -0.05) is 19.9 Å². The molecule has 1 aromatic carbocycles. The lowest BCUT2D eigenvalue weighted by atomic mass is 9.94. The van der Waals surface area contributed by atoms with Gasteiger partial charge in [-0.2, -0.15) is 13.2 Å². The van der Waals surface area contributed by atoms with E-state index in [0.29, 0.717) is 19.6 Å². The van der Waals surface area contributed by atoms with Crippen molar-refractivity contribution in [2.45, 2.75) is 32.4 Å². The van der Waals surface area contributed by atoms with Crippen LogP contribution in [0.1, 0.15) is 47.7 Å². The Morgan fingerprint density at radius 3 is 2.52 bits per heavy atom. The molecule has 1 aromatic rings. The van der Waals surface area contributed by atoms with Gasteiger partial charge < -0.3 is 10.1 Å². The second kappa shape index (κ2) is 7.45. The van der Waals surface area contributed by atoms with Gasteiger partial charge in [0.05, 0.1) is 5.56 Å². The molecule has 0 aliphatic rings. The summed E-state index contributed by atoms with van der Waals surface area (Å²) in [6.45, 7) is 4.23. The molecule has 21 heavy (non-hydrogen) atoms. The van der Waals surface area contributed by atoms with Crippen LogP contribution in [-0.4, -0.2) is 26.2 Å². The van der Waals surface area contributed by atoms with Crippen molar-refractivity contribution in [2.75, 3.05) is 20.3 Å². The highest BCUT2D eigenvalue weighted by molar-refractivity contribution is 5.94. The Bertz CT molecular complexity index is 484. The van der Waals surface area contributed by atoms with Gasteiger partial charge in [0.15, 0.2) is 0 Å². The van der Waals surface area contributed by atoms with Crippen LogP contribution in [0.25, 0.3) is 0 Å². The number of benzene rings is 1. The predicted molar refractivity (Wildman–Crippen MR) is 74.4 cm³/mol. The van der Waals surface area contributed by atoms with Gasteiger partial charge in [-0.15, -0.1) is 0 Å². The van der Waals surface area contributed by atoms with Crippen molar-refractivity contribution >= 4 is 5.91 Å². The number of methoxy groups -OCH3 is 1. The molecule has 1 rings (SSSR count). The highest BCUT2D eigenvalue weighted by Crippen LogP contribution is 2.35. The van der Waals surface area contributed by atoms with Crippen molar-refractivity contribution in [1.82, 2.24) is 5.32 Å². The molecule has 0 heterocycles. The van der Waals surface area contributed by atoms with E-state index in [4.69, 9.17) is 4.74 Å². The molecule has 0 unspecified atom stereocenters. The molecule has 1 N–H and O–H groups in total. The van der Waals surface area contributed by atoms with Crippen LogP contribution in [0.15, 0.2) is 18.2 Å². The number of hydrogen-bond donors (Lipinski definition) is 1. The van der Waals surface area contributed by atoms with Crippen molar-refractivity contribution in [3.63, 3.8) is 0 Å². The Morgan fingerprint density at radius 2 is 2.00 bits per heavy atom. The van der Waals surface area contributed by atoms with Gasteiger partial charge in [0.25, 0.3) is 5.91 Å². The first kappa shape index (κ1) is 17.5. The summed E-state index contributed by atoms with van der Waals surface area (Å²) in [5.41, 5.74) is -0.537. The number of amides is 1. The number of alkyl halides is 3. The van der Waals surface area contributed by atoms with Crippen LogP contribution >= 0.6 is 0 Å². The lowest BCUT2D eigenvalue weighted by Gasteiger charge is -2.16. The molecule has 0 aliphatic carbocycles. The van der Waals surface area contributed by atoms with Gasteiger partial charge in [-0.05, 0) is 30.0 Å². The Balaban J connectivity index is 2.92. The van der Waals surface area contributed by atoms with Crippen LogP contribution in [-0.2, 0) is 10.9 Å². The number of carbonyl (C=O) groups excluding carboxylic acids is 1. The van der Waals surface area contributed by atoms with Gasteiger partial charge in [0, 0.05) is 25.8 Å². The maximum atomic E-state index is 13.1. The molecule has 0 saturated heterocycles. The van der Waals surface area contributed by atoms with Crippen LogP contribution in [0.4, 0.5) is 13.2 Å². The topological polar surface area (TPSA) is 38.3 Å². The SMILES string of the molecule is COCCCNC(=O)c1ccc(C(C)C)c(C(F)(F)F)c1. The first-order valence-electron chi connectivity index (χ1n) is 6.75. The van der Waals surface area contributed by atoms with Gasteiger partial charge in [-0.3, -0.25) is 4.79 Å². The first-order chi connectivity index (χ1) is 9.77. The summed E-state index contributed by atoms with van der Waals surface area (Å²) in [4.78, 5) is 11.8. The summed E-state index contributed by atoms with van der Waals surface area (Å²) < 4.78 is 44.0. The van der Waals surface area contributed by atoms with E-state index in [1.807, 2.05) is 0 Å². The zero-order valence-electron chi connectivity index (χ0n) is 12.4. The Hall–Kier alpha value is -1.56. The van der Waals surface area contributed by atoms with Gasteiger partial charge in [-0.25, -0.2) is 0 Å². The monoisotopic (exact) mass is 303 g/mol. The van der Waals surface area contributed by atoms with Gasteiger partial charge in [0.2, 0.25) is 0 Å². The van der Waals surface area contributed by atoms with Gasteiger partial charge in [0.1, 0.15) is 0 Å². The molecule has 0 saturated carbocycles.